The smallest absolute Gasteiger partial charge is 0.337 e. The Bertz CT molecular complexity index is 255. The maximum absolute atomic E-state index is 11.4. The van der Waals surface area contributed by atoms with Gasteiger partial charge in [0.25, 0.3) is 0 Å². The lowest BCUT2D eigenvalue weighted by atomic mass is 9.72. The zero-order chi connectivity index (χ0) is 12.4. The molecule has 16 heavy (non-hydrogen) atoms. The molecular weight excluding hydrogens is 206 g/mol. The molecule has 0 aliphatic carbocycles. The Morgan fingerprint density at radius 3 is 2.62 bits per heavy atom. The van der Waals surface area contributed by atoms with E-state index in [4.69, 9.17) is 4.74 Å². The molecule has 0 radical (unpaired) electrons. The van der Waals surface area contributed by atoms with E-state index in [1.54, 1.807) is 0 Å². The van der Waals surface area contributed by atoms with Gasteiger partial charge in [0, 0.05) is 13.2 Å². The van der Waals surface area contributed by atoms with Gasteiger partial charge in [-0.05, 0) is 31.2 Å². The average Bonchev–Trinajstić information content (AvgIpc) is 2.17. The Kier molecular flexibility index (Phi) is 3.97. The lowest BCUT2D eigenvalue weighted by Gasteiger charge is -2.42. The van der Waals surface area contributed by atoms with Crippen LogP contribution in [0.25, 0.3) is 0 Å². The second kappa shape index (κ2) is 4.72. The minimum Gasteiger partial charge on any atom is -0.479 e. The summed E-state index contributed by atoms with van der Waals surface area (Å²) in [7, 11) is 0. The van der Waals surface area contributed by atoms with Crippen molar-refractivity contribution in [3.05, 3.63) is 0 Å². The summed E-state index contributed by atoms with van der Waals surface area (Å²) >= 11 is 0. The molecule has 1 fully saturated rings. The summed E-state index contributed by atoms with van der Waals surface area (Å²) in [6.07, 6.45) is 0.590. The fraction of sp³-hybridized carbons (Fsp3) is 0.917. The lowest BCUT2D eigenvalue weighted by molar-refractivity contribution is -0.171. The van der Waals surface area contributed by atoms with Gasteiger partial charge in [0.15, 0.2) is 5.60 Å². The maximum atomic E-state index is 11.4. The first-order chi connectivity index (χ1) is 7.32. The second-order valence-electron chi connectivity index (χ2n) is 5.63. The molecule has 0 aromatic heterocycles. The molecule has 1 saturated heterocycles. The monoisotopic (exact) mass is 229 g/mol. The van der Waals surface area contributed by atoms with Crippen LogP contribution in [0, 0.1) is 11.3 Å². The van der Waals surface area contributed by atoms with Crippen LogP contribution in [0.2, 0.25) is 0 Å². The number of carboxylic acid groups (broad SMARTS) is 1. The fourth-order valence-electron chi connectivity index (χ4n) is 2.21. The molecule has 0 unspecified atom stereocenters. The van der Waals surface area contributed by atoms with Gasteiger partial charge in [0.05, 0.1) is 0 Å². The maximum Gasteiger partial charge on any atom is 0.337 e. The van der Waals surface area contributed by atoms with Gasteiger partial charge in [-0.25, -0.2) is 4.79 Å². The largest absolute Gasteiger partial charge is 0.479 e. The Morgan fingerprint density at radius 1 is 1.56 bits per heavy atom. The second-order valence-corrected chi connectivity index (χ2v) is 5.63. The third-order valence-electron chi connectivity index (χ3n) is 3.41. The summed E-state index contributed by atoms with van der Waals surface area (Å²) in [5, 5.41) is 12.5. The van der Waals surface area contributed by atoms with Crippen molar-refractivity contribution in [2.75, 3.05) is 19.7 Å². The molecule has 1 rings (SSSR count). The number of ether oxygens (including phenoxy) is 1. The minimum absolute atomic E-state index is 0.102. The minimum atomic E-state index is -1.04. The van der Waals surface area contributed by atoms with Gasteiger partial charge in [-0.2, -0.15) is 0 Å². The van der Waals surface area contributed by atoms with E-state index >= 15 is 0 Å². The first-order valence-corrected chi connectivity index (χ1v) is 5.90. The predicted molar refractivity (Wildman–Crippen MR) is 62.4 cm³/mol. The molecule has 1 heterocycles. The van der Waals surface area contributed by atoms with E-state index in [2.05, 4.69) is 26.1 Å². The molecule has 0 aromatic carbocycles. The highest BCUT2D eigenvalue weighted by Gasteiger charge is 2.46. The number of piperidine rings is 1. The fourth-order valence-corrected chi connectivity index (χ4v) is 2.21. The van der Waals surface area contributed by atoms with E-state index in [1.165, 1.54) is 0 Å². The van der Waals surface area contributed by atoms with Crippen LogP contribution in [0.5, 0.6) is 0 Å². The predicted octanol–water partition coefficient (Wildman–Crippen LogP) is 1.50. The summed E-state index contributed by atoms with van der Waals surface area (Å²) in [6.45, 7) is 9.97. The zero-order valence-corrected chi connectivity index (χ0v) is 10.7. The van der Waals surface area contributed by atoms with E-state index in [-0.39, 0.29) is 5.41 Å². The Balaban J connectivity index is 2.83. The van der Waals surface area contributed by atoms with Gasteiger partial charge in [-0.15, -0.1) is 0 Å². The van der Waals surface area contributed by atoms with Crippen molar-refractivity contribution in [1.29, 1.82) is 0 Å². The highest BCUT2D eigenvalue weighted by atomic mass is 16.5. The molecule has 1 aliphatic rings. The SMILES string of the molecule is CCO[C@]1(C(=O)O)CNC[C@H](C(C)(C)C)C1. The molecule has 2 atom stereocenters. The number of carboxylic acids is 1. The molecule has 0 saturated carbocycles. The van der Waals surface area contributed by atoms with Crippen LogP contribution >= 0.6 is 0 Å². The highest BCUT2D eigenvalue weighted by molar-refractivity contribution is 5.78. The van der Waals surface area contributed by atoms with Crippen molar-refractivity contribution in [2.45, 2.75) is 39.7 Å². The number of nitrogens with one attached hydrogen (secondary N) is 1. The van der Waals surface area contributed by atoms with Crippen molar-refractivity contribution >= 4 is 5.97 Å². The lowest BCUT2D eigenvalue weighted by Crippen LogP contribution is -2.58. The quantitative estimate of drug-likeness (QED) is 0.770. The number of hydrogen-bond donors (Lipinski definition) is 2. The summed E-state index contributed by atoms with van der Waals surface area (Å²) < 4.78 is 5.50. The topological polar surface area (TPSA) is 58.6 Å². The van der Waals surface area contributed by atoms with Crippen LogP contribution < -0.4 is 5.32 Å². The summed E-state index contributed by atoms with van der Waals surface area (Å²) in [4.78, 5) is 11.4. The van der Waals surface area contributed by atoms with Crippen molar-refractivity contribution in [1.82, 2.24) is 5.32 Å². The van der Waals surface area contributed by atoms with Crippen LogP contribution in [-0.4, -0.2) is 36.4 Å². The molecule has 0 spiro atoms. The first kappa shape index (κ1) is 13.5. The molecule has 2 N–H and O–H groups in total. The normalized spacial score (nSPS) is 31.4. The van der Waals surface area contributed by atoms with Crippen LogP contribution in [-0.2, 0) is 9.53 Å². The van der Waals surface area contributed by atoms with Gasteiger partial charge >= 0.3 is 5.97 Å². The van der Waals surface area contributed by atoms with Gasteiger partial charge < -0.3 is 15.2 Å². The van der Waals surface area contributed by atoms with Crippen molar-refractivity contribution in [3.8, 4) is 0 Å². The zero-order valence-electron chi connectivity index (χ0n) is 10.7. The van der Waals surface area contributed by atoms with E-state index < -0.39 is 11.6 Å². The van der Waals surface area contributed by atoms with Crippen molar-refractivity contribution in [3.63, 3.8) is 0 Å². The van der Waals surface area contributed by atoms with Gasteiger partial charge in [0.1, 0.15) is 0 Å². The molecule has 0 bridgehead atoms. The number of carbonyl (C=O) groups is 1. The van der Waals surface area contributed by atoms with Crippen molar-refractivity contribution in [2.24, 2.45) is 11.3 Å². The highest BCUT2D eigenvalue weighted by Crippen LogP contribution is 2.36. The standard InChI is InChI=1S/C12H23NO3/c1-5-16-12(10(14)15)6-9(7-13-8-12)11(2,3)4/h9,13H,5-8H2,1-4H3,(H,14,15)/t9-,12+/m1/s1. The molecule has 0 aromatic rings. The van der Waals surface area contributed by atoms with Crippen molar-refractivity contribution < 1.29 is 14.6 Å². The van der Waals surface area contributed by atoms with Gasteiger partial charge in [-0.1, -0.05) is 20.8 Å². The number of aliphatic carboxylic acids is 1. The Hall–Kier alpha value is -0.610. The molecule has 4 heteroatoms. The van der Waals surface area contributed by atoms with Gasteiger partial charge in [0.2, 0.25) is 0 Å². The van der Waals surface area contributed by atoms with E-state index in [0.29, 0.717) is 25.5 Å². The van der Waals surface area contributed by atoms with Crippen LogP contribution in [0.1, 0.15) is 34.1 Å². The van der Waals surface area contributed by atoms with Crippen LogP contribution in [0.4, 0.5) is 0 Å². The molecule has 1 aliphatic heterocycles. The van der Waals surface area contributed by atoms with E-state index in [9.17, 15) is 9.90 Å². The van der Waals surface area contributed by atoms with E-state index in [0.717, 1.165) is 6.54 Å². The summed E-state index contributed by atoms with van der Waals surface area (Å²) in [5.74, 6) is -0.528. The van der Waals surface area contributed by atoms with Crippen LogP contribution in [0.3, 0.4) is 0 Å². The molecule has 94 valence electrons. The average molecular weight is 229 g/mol. The molecule has 0 amide bonds. The third-order valence-corrected chi connectivity index (χ3v) is 3.41. The summed E-state index contributed by atoms with van der Waals surface area (Å²) in [5.41, 5.74) is -0.934. The van der Waals surface area contributed by atoms with Gasteiger partial charge in [-0.3, -0.25) is 0 Å². The Labute approximate surface area is 97.4 Å². The first-order valence-electron chi connectivity index (χ1n) is 5.90. The third kappa shape index (κ3) is 2.74. The number of hydrogen-bond acceptors (Lipinski definition) is 3. The molecular formula is C12H23NO3. The number of rotatable bonds is 3. The Morgan fingerprint density at radius 2 is 2.19 bits per heavy atom. The summed E-state index contributed by atoms with van der Waals surface area (Å²) in [6, 6.07) is 0. The van der Waals surface area contributed by atoms with Crippen LogP contribution in [0.15, 0.2) is 0 Å². The molecule has 4 nitrogen and oxygen atoms in total. The van der Waals surface area contributed by atoms with E-state index in [1.807, 2.05) is 6.92 Å².